The maximum Gasteiger partial charge on any atom is 0.335 e. The molecule has 4 amide bonds. The number of imide groups is 2. The number of barbiturate groups is 1. The molecular weight excluding hydrogens is 472 g/mol. The van der Waals surface area contributed by atoms with E-state index in [2.05, 4.69) is 27.8 Å². The lowest BCUT2D eigenvalue weighted by molar-refractivity contribution is -0.122. The number of carbonyl (C=O) groups is 3. The second-order valence-electron chi connectivity index (χ2n) is 6.72. The van der Waals surface area contributed by atoms with Gasteiger partial charge in [0.15, 0.2) is 5.75 Å². The van der Waals surface area contributed by atoms with Gasteiger partial charge < -0.3 is 4.74 Å². The first-order valence-electron chi connectivity index (χ1n) is 8.93. The van der Waals surface area contributed by atoms with Crippen molar-refractivity contribution in [2.45, 2.75) is 13.8 Å². The summed E-state index contributed by atoms with van der Waals surface area (Å²) in [5.74, 6) is -1.07. The molecule has 1 fully saturated rings. The Bertz CT molecular complexity index is 1070. The molecule has 0 aliphatic carbocycles. The SMILES string of the molecule is C=CCOc1c(Cl)cc(/C=C2\C(=O)NC(=O)N(c3cc(C)cc(C)c3)C2=O)cc1Br. The van der Waals surface area contributed by atoms with Crippen LogP contribution >= 0.6 is 27.5 Å². The summed E-state index contributed by atoms with van der Waals surface area (Å²) in [7, 11) is 0. The Balaban J connectivity index is 2.01. The second-order valence-corrected chi connectivity index (χ2v) is 7.98. The van der Waals surface area contributed by atoms with Crippen molar-refractivity contribution < 1.29 is 19.1 Å². The first-order chi connectivity index (χ1) is 14.2. The molecule has 3 rings (SSSR count). The minimum absolute atomic E-state index is 0.184. The predicted molar refractivity (Wildman–Crippen MR) is 120 cm³/mol. The van der Waals surface area contributed by atoms with Crippen molar-refractivity contribution in [2.24, 2.45) is 0 Å². The molecule has 0 bridgehead atoms. The number of amides is 4. The topological polar surface area (TPSA) is 75.7 Å². The molecule has 30 heavy (non-hydrogen) atoms. The number of hydrogen-bond donors (Lipinski definition) is 1. The van der Waals surface area contributed by atoms with E-state index in [0.29, 0.717) is 26.5 Å². The summed E-state index contributed by atoms with van der Waals surface area (Å²) >= 11 is 9.65. The van der Waals surface area contributed by atoms with Crippen LogP contribution in [-0.4, -0.2) is 24.5 Å². The molecule has 1 N–H and O–H groups in total. The molecule has 1 aliphatic heterocycles. The molecule has 6 nitrogen and oxygen atoms in total. The molecule has 2 aromatic carbocycles. The van der Waals surface area contributed by atoms with Crippen molar-refractivity contribution in [3.63, 3.8) is 0 Å². The molecule has 1 heterocycles. The van der Waals surface area contributed by atoms with E-state index in [0.717, 1.165) is 16.0 Å². The van der Waals surface area contributed by atoms with Gasteiger partial charge in [-0.3, -0.25) is 14.9 Å². The summed E-state index contributed by atoms with van der Waals surface area (Å²) in [5, 5.41) is 2.51. The van der Waals surface area contributed by atoms with Crippen molar-refractivity contribution in [3.8, 4) is 5.75 Å². The molecular formula is C22H18BrClN2O4. The monoisotopic (exact) mass is 488 g/mol. The summed E-state index contributed by atoms with van der Waals surface area (Å²) in [6.07, 6.45) is 2.97. The quantitative estimate of drug-likeness (QED) is 0.366. The normalized spacial score (nSPS) is 15.4. The van der Waals surface area contributed by atoms with Crippen LogP contribution in [0.5, 0.6) is 5.75 Å². The van der Waals surface area contributed by atoms with E-state index in [1.807, 2.05) is 19.9 Å². The van der Waals surface area contributed by atoms with Crippen LogP contribution in [-0.2, 0) is 9.59 Å². The largest absolute Gasteiger partial charge is 0.487 e. The number of aryl methyl sites for hydroxylation is 2. The fraction of sp³-hybridized carbons (Fsp3) is 0.136. The van der Waals surface area contributed by atoms with E-state index >= 15 is 0 Å². The number of nitrogens with zero attached hydrogens (tertiary/aromatic N) is 1. The highest BCUT2D eigenvalue weighted by Crippen LogP contribution is 2.35. The van der Waals surface area contributed by atoms with Crippen LogP contribution in [0.4, 0.5) is 10.5 Å². The highest BCUT2D eigenvalue weighted by Gasteiger charge is 2.37. The molecule has 2 aromatic rings. The third-order valence-corrected chi connectivity index (χ3v) is 5.11. The van der Waals surface area contributed by atoms with Crippen molar-refractivity contribution in [3.05, 3.63) is 74.7 Å². The van der Waals surface area contributed by atoms with Crippen LogP contribution in [0.2, 0.25) is 5.02 Å². The lowest BCUT2D eigenvalue weighted by atomic mass is 10.1. The van der Waals surface area contributed by atoms with Crippen LogP contribution in [0, 0.1) is 13.8 Å². The molecule has 0 aromatic heterocycles. The molecule has 0 unspecified atom stereocenters. The number of benzene rings is 2. The van der Waals surface area contributed by atoms with E-state index in [4.69, 9.17) is 16.3 Å². The van der Waals surface area contributed by atoms with Crippen LogP contribution in [0.1, 0.15) is 16.7 Å². The lowest BCUT2D eigenvalue weighted by Gasteiger charge is -2.27. The summed E-state index contributed by atoms with van der Waals surface area (Å²) in [6.45, 7) is 7.58. The van der Waals surface area contributed by atoms with Gasteiger partial charge in [-0.1, -0.05) is 30.3 Å². The van der Waals surface area contributed by atoms with Crippen molar-refractivity contribution in [2.75, 3.05) is 11.5 Å². The van der Waals surface area contributed by atoms with Crippen molar-refractivity contribution in [1.82, 2.24) is 5.32 Å². The smallest absolute Gasteiger partial charge is 0.335 e. The van der Waals surface area contributed by atoms with Crippen molar-refractivity contribution >= 4 is 57.1 Å². The van der Waals surface area contributed by atoms with Gasteiger partial charge in [-0.15, -0.1) is 0 Å². The summed E-state index contributed by atoms with van der Waals surface area (Å²) < 4.78 is 6.05. The zero-order valence-corrected chi connectivity index (χ0v) is 18.6. The van der Waals surface area contributed by atoms with E-state index < -0.39 is 17.8 Å². The van der Waals surface area contributed by atoms with Gasteiger partial charge in [-0.25, -0.2) is 9.69 Å². The van der Waals surface area contributed by atoms with Gasteiger partial charge in [0.25, 0.3) is 11.8 Å². The Hall–Kier alpha value is -2.90. The lowest BCUT2D eigenvalue weighted by Crippen LogP contribution is -2.54. The zero-order valence-electron chi connectivity index (χ0n) is 16.3. The van der Waals surface area contributed by atoms with Gasteiger partial charge in [-0.2, -0.15) is 0 Å². The third kappa shape index (κ3) is 4.47. The second kappa shape index (κ2) is 8.85. The molecule has 0 radical (unpaired) electrons. The van der Waals surface area contributed by atoms with Crippen molar-refractivity contribution in [1.29, 1.82) is 0 Å². The zero-order chi connectivity index (χ0) is 22.0. The Labute approximate surface area is 187 Å². The molecule has 1 saturated heterocycles. The van der Waals surface area contributed by atoms with Gasteiger partial charge in [0.1, 0.15) is 12.2 Å². The van der Waals surface area contributed by atoms with E-state index in [9.17, 15) is 14.4 Å². The first-order valence-corrected chi connectivity index (χ1v) is 10.1. The van der Waals surface area contributed by atoms with Gasteiger partial charge in [0.05, 0.1) is 15.2 Å². The van der Waals surface area contributed by atoms with E-state index in [1.165, 1.54) is 6.08 Å². The number of anilines is 1. The number of hydrogen-bond acceptors (Lipinski definition) is 4. The molecule has 0 atom stereocenters. The molecule has 0 spiro atoms. The van der Waals surface area contributed by atoms with Crippen LogP contribution < -0.4 is 15.0 Å². The minimum atomic E-state index is -0.792. The Morgan fingerprint density at radius 3 is 2.40 bits per heavy atom. The minimum Gasteiger partial charge on any atom is -0.487 e. The maximum absolute atomic E-state index is 13.0. The number of urea groups is 1. The highest BCUT2D eigenvalue weighted by molar-refractivity contribution is 9.10. The highest BCUT2D eigenvalue weighted by atomic mass is 79.9. The fourth-order valence-electron chi connectivity index (χ4n) is 3.08. The maximum atomic E-state index is 13.0. The number of nitrogens with one attached hydrogen (secondary N) is 1. The third-order valence-electron chi connectivity index (χ3n) is 4.24. The number of rotatable bonds is 5. The Morgan fingerprint density at radius 1 is 1.13 bits per heavy atom. The van der Waals surface area contributed by atoms with Gasteiger partial charge in [0.2, 0.25) is 0 Å². The molecule has 0 saturated carbocycles. The summed E-state index contributed by atoms with van der Waals surface area (Å²) in [5.41, 5.74) is 2.47. The number of ether oxygens (including phenoxy) is 1. The van der Waals surface area contributed by atoms with E-state index in [-0.39, 0.29) is 12.2 Å². The summed E-state index contributed by atoms with van der Waals surface area (Å²) in [4.78, 5) is 38.8. The molecule has 154 valence electrons. The van der Waals surface area contributed by atoms with Crippen LogP contribution in [0.3, 0.4) is 0 Å². The Morgan fingerprint density at radius 2 is 1.80 bits per heavy atom. The van der Waals surface area contributed by atoms with Gasteiger partial charge in [-0.05, 0) is 76.8 Å². The fourth-order valence-corrected chi connectivity index (χ4v) is 4.07. The van der Waals surface area contributed by atoms with Crippen LogP contribution in [0.25, 0.3) is 6.08 Å². The van der Waals surface area contributed by atoms with Gasteiger partial charge in [0, 0.05) is 0 Å². The number of halogens is 2. The first kappa shape index (κ1) is 21.8. The van der Waals surface area contributed by atoms with Gasteiger partial charge >= 0.3 is 6.03 Å². The predicted octanol–water partition coefficient (Wildman–Crippen LogP) is 4.95. The average molecular weight is 490 g/mol. The van der Waals surface area contributed by atoms with E-state index in [1.54, 1.807) is 30.3 Å². The average Bonchev–Trinajstić information content (AvgIpc) is 2.63. The summed E-state index contributed by atoms with van der Waals surface area (Å²) in [6, 6.07) is 7.77. The molecule has 8 heteroatoms. The molecule has 1 aliphatic rings. The number of carbonyl (C=O) groups excluding carboxylic acids is 3. The van der Waals surface area contributed by atoms with Crippen LogP contribution in [0.15, 0.2) is 53.0 Å². The standard InChI is InChI=1S/C22H18BrClN2O4/c1-4-5-30-19-17(23)10-14(11-18(19)24)9-16-20(27)25-22(29)26(21(16)28)15-7-12(2)6-13(3)8-15/h4,6-11H,1,5H2,2-3H3,(H,25,27,29)/b16-9+. The Kier molecular flexibility index (Phi) is 6.43.